The largest absolute Gasteiger partial charge is 0.246 e. The van der Waals surface area contributed by atoms with Crippen molar-refractivity contribution in [3.63, 3.8) is 0 Å². The van der Waals surface area contributed by atoms with E-state index in [9.17, 15) is 0 Å². The Kier molecular flexibility index (Phi) is 2.93. The zero-order valence-electron chi connectivity index (χ0n) is 6.05. The second-order valence-corrected chi connectivity index (χ2v) is 4.36. The lowest BCUT2D eigenvalue weighted by atomic mass is 9.93. The maximum atomic E-state index is 8.65. The third kappa shape index (κ3) is 2.10. The van der Waals surface area contributed by atoms with Crippen molar-refractivity contribution >= 4 is 22.9 Å². The topological polar surface area (TPSA) is 27.0 Å². The summed E-state index contributed by atoms with van der Waals surface area (Å²) in [6, 6.07) is 2.32. The highest BCUT2D eigenvalue weighted by atomic mass is 127. The number of piperidine rings is 1. The van der Waals surface area contributed by atoms with Crippen LogP contribution < -0.4 is 0 Å². The molecule has 0 amide bonds. The summed E-state index contributed by atoms with van der Waals surface area (Å²) in [5.41, 5.74) is 0. The van der Waals surface area contributed by atoms with E-state index in [0.29, 0.717) is 5.92 Å². The molecule has 1 aliphatic heterocycles. The number of hydrogen-bond acceptors (Lipinski definition) is 2. The Morgan fingerprint density at radius 3 is 2.80 bits per heavy atom. The molecule has 0 aliphatic carbocycles. The summed E-state index contributed by atoms with van der Waals surface area (Å²) < 4.78 is 2.21. The van der Waals surface area contributed by atoms with Crippen LogP contribution in [0.1, 0.15) is 13.3 Å². The summed E-state index contributed by atoms with van der Waals surface area (Å²) in [7, 11) is 0. The third-order valence-corrected chi connectivity index (χ3v) is 2.59. The number of hydrogen-bond donors (Lipinski definition) is 0. The van der Waals surface area contributed by atoms with E-state index < -0.39 is 0 Å². The van der Waals surface area contributed by atoms with Gasteiger partial charge in [-0.25, -0.2) is 3.11 Å². The predicted octanol–water partition coefficient (Wildman–Crippen LogP) is 1.82. The van der Waals surface area contributed by atoms with E-state index in [2.05, 4.69) is 39.0 Å². The van der Waals surface area contributed by atoms with E-state index >= 15 is 0 Å². The van der Waals surface area contributed by atoms with Gasteiger partial charge < -0.3 is 0 Å². The van der Waals surface area contributed by atoms with Gasteiger partial charge >= 0.3 is 0 Å². The van der Waals surface area contributed by atoms with E-state index in [1.54, 1.807) is 0 Å². The predicted molar refractivity (Wildman–Crippen MR) is 48.5 cm³/mol. The first-order valence-electron chi connectivity index (χ1n) is 3.52. The standard InChI is InChI=1S/C7H11IN2/c1-6-2-7(3-9)5-10(8)4-6/h6-7H,2,4-5H2,1H3. The van der Waals surface area contributed by atoms with Crippen LogP contribution in [0.15, 0.2) is 0 Å². The monoisotopic (exact) mass is 250 g/mol. The molecular weight excluding hydrogens is 239 g/mol. The third-order valence-electron chi connectivity index (χ3n) is 1.80. The highest BCUT2D eigenvalue weighted by Gasteiger charge is 2.22. The van der Waals surface area contributed by atoms with Crippen LogP contribution >= 0.6 is 22.9 Å². The molecule has 0 aromatic heterocycles. The van der Waals surface area contributed by atoms with Gasteiger partial charge in [0.25, 0.3) is 0 Å². The van der Waals surface area contributed by atoms with Gasteiger partial charge in [0.05, 0.1) is 12.0 Å². The van der Waals surface area contributed by atoms with Crippen LogP contribution in [0, 0.1) is 23.2 Å². The number of halogens is 1. The van der Waals surface area contributed by atoms with Crippen LogP contribution in [0.4, 0.5) is 0 Å². The van der Waals surface area contributed by atoms with E-state index in [-0.39, 0.29) is 5.92 Å². The smallest absolute Gasteiger partial charge is 0.0669 e. The van der Waals surface area contributed by atoms with Gasteiger partial charge in [-0.15, -0.1) is 0 Å². The second-order valence-electron chi connectivity index (χ2n) is 2.99. The summed E-state index contributed by atoms with van der Waals surface area (Å²) in [5.74, 6) is 0.955. The maximum absolute atomic E-state index is 8.65. The first-order valence-corrected chi connectivity index (χ1v) is 4.49. The van der Waals surface area contributed by atoms with Crippen molar-refractivity contribution < 1.29 is 0 Å². The second kappa shape index (κ2) is 3.54. The fourth-order valence-electron chi connectivity index (χ4n) is 1.38. The molecule has 3 heteroatoms. The van der Waals surface area contributed by atoms with Crippen molar-refractivity contribution in [2.24, 2.45) is 11.8 Å². The lowest BCUT2D eigenvalue weighted by Crippen LogP contribution is -2.32. The van der Waals surface area contributed by atoms with Crippen molar-refractivity contribution in [1.29, 1.82) is 5.26 Å². The van der Waals surface area contributed by atoms with E-state index in [4.69, 9.17) is 5.26 Å². The summed E-state index contributed by atoms with van der Waals surface area (Å²) in [4.78, 5) is 0. The molecule has 10 heavy (non-hydrogen) atoms. The first kappa shape index (κ1) is 8.28. The van der Waals surface area contributed by atoms with Gasteiger partial charge in [0.1, 0.15) is 0 Å². The Morgan fingerprint density at radius 1 is 1.60 bits per heavy atom. The lowest BCUT2D eigenvalue weighted by molar-refractivity contribution is 0.278. The van der Waals surface area contributed by atoms with Gasteiger partial charge in [0.15, 0.2) is 0 Å². The minimum Gasteiger partial charge on any atom is -0.246 e. The van der Waals surface area contributed by atoms with Gasteiger partial charge in [-0.3, -0.25) is 0 Å². The zero-order valence-corrected chi connectivity index (χ0v) is 8.21. The number of nitrogens with zero attached hydrogens (tertiary/aromatic N) is 2. The summed E-state index contributed by atoms with van der Waals surface area (Å²) in [5, 5.41) is 8.65. The van der Waals surface area contributed by atoms with Crippen LogP contribution in [-0.4, -0.2) is 16.2 Å². The Bertz CT molecular complexity index is 142. The Hall–Kier alpha value is 0.180. The Morgan fingerprint density at radius 2 is 2.30 bits per heavy atom. The molecule has 0 N–H and O–H groups in total. The quantitative estimate of drug-likeness (QED) is 0.484. The van der Waals surface area contributed by atoms with E-state index in [0.717, 1.165) is 19.5 Å². The molecule has 1 saturated heterocycles. The minimum atomic E-state index is 0.264. The molecule has 0 aromatic carbocycles. The van der Waals surface area contributed by atoms with Crippen LogP contribution in [0.2, 0.25) is 0 Å². The Labute approximate surface area is 75.7 Å². The van der Waals surface area contributed by atoms with Gasteiger partial charge in [-0.2, -0.15) is 5.26 Å². The van der Waals surface area contributed by atoms with Crippen molar-refractivity contribution in [3.05, 3.63) is 0 Å². The first-order chi connectivity index (χ1) is 4.72. The van der Waals surface area contributed by atoms with Crippen molar-refractivity contribution in [1.82, 2.24) is 3.11 Å². The van der Waals surface area contributed by atoms with Gasteiger partial charge in [0, 0.05) is 36.0 Å². The van der Waals surface area contributed by atoms with Crippen LogP contribution in [0.3, 0.4) is 0 Å². The molecule has 0 radical (unpaired) electrons. The van der Waals surface area contributed by atoms with Gasteiger partial charge in [0.2, 0.25) is 0 Å². The van der Waals surface area contributed by atoms with Crippen LogP contribution in [0.5, 0.6) is 0 Å². The SMILES string of the molecule is CC1CC(C#N)CN(I)C1. The van der Waals surface area contributed by atoms with E-state index in [1.807, 2.05) is 0 Å². The highest BCUT2D eigenvalue weighted by Crippen LogP contribution is 2.22. The molecule has 0 saturated carbocycles. The molecule has 1 rings (SSSR count). The molecule has 0 aromatic rings. The maximum Gasteiger partial charge on any atom is 0.0669 e. The molecule has 1 fully saturated rings. The number of nitriles is 1. The average Bonchev–Trinajstić information content (AvgIpc) is 1.85. The Balaban J connectivity index is 2.44. The van der Waals surface area contributed by atoms with Crippen molar-refractivity contribution in [2.75, 3.05) is 13.1 Å². The molecular formula is C7H11IN2. The molecule has 0 bridgehead atoms. The molecule has 2 unspecified atom stereocenters. The highest BCUT2D eigenvalue weighted by molar-refractivity contribution is 14.1. The van der Waals surface area contributed by atoms with Crippen LogP contribution in [0.25, 0.3) is 0 Å². The molecule has 0 spiro atoms. The molecule has 1 heterocycles. The van der Waals surface area contributed by atoms with Crippen molar-refractivity contribution in [2.45, 2.75) is 13.3 Å². The van der Waals surface area contributed by atoms with Gasteiger partial charge in [-0.05, 0) is 12.3 Å². The normalized spacial score (nSPS) is 35.3. The number of rotatable bonds is 0. The zero-order chi connectivity index (χ0) is 7.56. The molecule has 2 nitrogen and oxygen atoms in total. The van der Waals surface area contributed by atoms with Crippen molar-refractivity contribution in [3.8, 4) is 6.07 Å². The fraction of sp³-hybridized carbons (Fsp3) is 0.857. The summed E-state index contributed by atoms with van der Waals surface area (Å²) >= 11 is 2.29. The van der Waals surface area contributed by atoms with E-state index in [1.165, 1.54) is 0 Å². The minimum absolute atomic E-state index is 0.264. The lowest BCUT2D eigenvalue weighted by Gasteiger charge is -2.28. The molecule has 1 aliphatic rings. The summed E-state index contributed by atoms with van der Waals surface area (Å²) in [6.45, 7) is 4.29. The van der Waals surface area contributed by atoms with Crippen LogP contribution in [-0.2, 0) is 0 Å². The van der Waals surface area contributed by atoms with Gasteiger partial charge in [-0.1, -0.05) is 6.92 Å². The fourth-order valence-corrected chi connectivity index (χ4v) is 2.53. The average molecular weight is 250 g/mol. The molecule has 2 atom stereocenters. The molecule has 56 valence electrons. The summed E-state index contributed by atoms with van der Waals surface area (Å²) in [6.07, 6.45) is 1.08.